The number of carbonyl (C=O) groups is 1. The first-order valence-corrected chi connectivity index (χ1v) is 14.8. The van der Waals surface area contributed by atoms with Gasteiger partial charge in [-0.3, -0.25) is 15.1 Å². The second kappa shape index (κ2) is 14.0. The van der Waals surface area contributed by atoms with Gasteiger partial charge in [-0.25, -0.2) is 24.2 Å². The number of carbonyl (C=O) groups excluding carboxylic acids is 1. The number of allylic oxidation sites excluding steroid dienone is 2. The molecule has 0 spiro atoms. The van der Waals surface area contributed by atoms with E-state index < -0.39 is 23.8 Å². The number of ether oxygens (including phenoxy) is 3. The molecule has 1 aromatic heterocycles. The van der Waals surface area contributed by atoms with Gasteiger partial charge in [0, 0.05) is 43.2 Å². The number of hydrogen-bond acceptors (Lipinski definition) is 10. The number of rotatable bonds is 11. The molecule has 5 N–H and O–H groups in total. The van der Waals surface area contributed by atoms with Gasteiger partial charge >= 0.3 is 5.97 Å². The Hall–Kier alpha value is -4.95. The molecule has 1 fully saturated rings. The van der Waals surface area contributed by atoms with E-state index in [0.717, 1.165) is 5.01 Å². The number of aromatic nitrogens is 2. The monoisotopic (exact) mass is 637 g/mol. The Balaban J connectivity index is 1.52. The number of halogens is 2. The van der Waals surface area contributed by atoms with Crippen molar-refractivity contribution in [1.29, 1.82) is 5.41 Å². The first-order valence-electron chi connectivity index (χ1n) is 14.8. The van der Waals surface area contributed by atoms with Gasteiger partial charge in [0.15, 0.2) is 23.2 Å². The third kappa shape index (κ3) is 6.82. The second-order valence-corrected chi connectivity index (χ2v) is 10.9. The Bertz CT molecular complexity index is 1670. The highest BCUT2D eigenvalue weighted by Crippen LogP contribution is 2.43. The van der Waals surface area contributed by atoms with Crippen LogP contribution < -0.4 is 20.6 Å². The second-order valence-electron chi connectivity index (χ2n) is 10.9. The Morgan fingerprint density at radius 3 is 2.61 bits per heavy atom. The number of likely N-dealkylation sites (tertiary alicyclic amines) is 1. The molecule has 14 heteroatoms. The van der Waals surface area contributed by atoms with Crippen LogP contribution in [0.25, 0.3) is 11.4 Å². The zero-order chi connectivity index (χ0) is 33.0. The Morgan fingerprint density at radius 2 is 1.96 bits per heavy atom. The van der Waals surface area contributed by atoms with Crippen molar-refractivity contribution in [2.75, 3.05) is 33.3 Å². The molecule has 3 heterocycles. The highest BCUT2D eigenvalue weighted by Gasteiger charge is 2.43. The first kappa shape index (κ1) is 32.4. The lowest BCUT2D eigenvalue weighted by Crippen LogP contribution is -2.51. The molecule has 2 aromatic carbocycles. The Morgan fingerprint density at radius 1 is 1.20 bits per heavy atom. The number of hydrazine groups is 1. The lowest BCUT2D eigenvalue weighted by Gasteiger charge is -2.39. The average molecular weight is 638 g/mol. The number of phenols is 1. The molecule has 0 radical (unpaired) electrons. The normalized spacial score (nSPS) is 17.8. The molecule has 5 rings (SSSR count). The fourth-order valence-electron chi connectivity index (χ4n) is 5.59. The van der Waals surface area contributed by atoms with Gasteiger partial charge in [0.2, 0.25) is 6.23 Å². The number of aromatic hydroxyl groups is 1. The maximum Gasteiger partial charge on any atom is 0.320 e. The highest BCUT2D eigenvalue weighted by molar-refractivity contribution is 5.95. The number of nitrogens with one attached hydrogen (secondary N) is 2. The van der Waals surface area contributed by atoms with Crippen molar-refractivity contribution in [3.8, 4) is 28.6 Å². The van der Waals surface area contributed by atoms with Gasteiger partial charge in [-0.1, -0.05) is 12.1 Å². The molecule has 0 aliphatic carbocycles. The van der Waals surface area contributed by atoms with Gasteiger partial charge in [-0.2, -0.15) is 0 Å². The van der Waals surface area contributed by atoms with Crippen molar-refractivity contribution in [2.45, 2.75) is 26.0 Å². The van der Waals surface area contributed by atoms with E-state index in [1.54, 1.807) is 37.5 Å². The number of benzene rings is 2. The molecule has 0 amide bonds. The van der Waals surface area contributed by atoms with Crippen molar-refractivity contribution in [3.05, 3.63) is 83.5 Å². The lowest BCUT2D eigenvalue weighted by molar-refractivity contribution is -0.144. The van der Waals surface area contributed by atoms with Crippen LogP contribution in [0.4, 0.5) is 8.78 Å². The number of aryl methyl sites for hydroxylation is 1. The first-order chi connectivity index (χ1) is 22.1. The molecule has 1 saturated heterocycles. The van der Waals surface area contributed by atoms with Gasteiger partial charge in [0.05, 0.1) is 13.2 Å². The molecule has 0 saturated carbocycles. The van der Waals surface area contributed by atoms with Crippen LogP contribution in [0, 0.1) is 11.3 Å². The highest BCUT2D eigenvalue weighted by atomic mass is 19.1. The van der Waals surface area contributed by atoms with Crippen LogP contribution in [0.2, 0.25) is 0 Å². The summed E-state index contributed by atoms with van der Waals surface area (Å²) in [6.07, 6.45) is 2.55. The van der Waals surface area contributed by atoms with Crippen LogP contribution in [-0.2, 0) is 16.6 Å². The van der Waals surface area contributed by atoms with Crippen molar-refractivity contribution in [1.82, 2.24) is 24.9 Å². The lowest BCUT2D eigenvalue weighted by atomic mass is 9.86. The van der Waals surface area contributed by atoms with Gasteiger partial charge in [0.25, 0.3) is 5.88 Å². The quantitative estimate of drug-likeness (QED) is 0.138. The minimum atomic E-state index is -1.61. The summed E-state index contributed by atoms with van der Waals surface area (Å²) >= 11 is 0. The van der Waals surface area contributed by atoms with Crippen LogP contribution >= 0.6 is 0 Å². The molecule has 2 aliphatic rings. The summed E-state index contributed by atoms with van der Waals surface area (Å²) in [6.45, 7) is 2.92. The molecule has 1 atom stereocenters. The zero-order valence-corrected chi connectivity index (χ0v) is 25.8. The molecule has 46 heavy (non-hydrogen) atoms. The van der Waals surface area contributed by atoms with Crippen molar-refractivity contribution >= 4 is 11.8 Å². The van der Waals surface area contributed by atoms with Crippen LogP contribution in [0.1, 0.15) is 25.3 Å². The number of hydrogen-bond donors (Lipinski definition) is 4. The van der Waals surface area contributed by atoms with E-state index in [2.05, 4.69) is 10.4 Å². The molecule has 244 valence electrons. The predicted octanol–water partition coefficient (Wildman–Crippen LogP) is 3.95. The molecule has 2 aliphatic heterocycles. The maximum atomic E-state index is 16.6. The van der Waals surface area contributed by atoms with Gasteiger partial charge < -0.3 is 29.6 Å². The number of nitrogens with two attached hydrogens (primary N) is 1. The smallest absolute Gasteiger partial charge is 0.320 e. The average Bonchev–Trinajstić information content (AvgIpc) is 3.47. The van der Waals surface area contributed by atoms with Crippen LogP contribution in [0.15, 0.2) is 78.0 Å². The Labute approximate surface area is 265 Å². The standard InChI is InChI=1S/C32H37F2N7O5/c1-4-44-25(43)18-40-13-10-19(11-14-40)26-27(33)31(45-22-7-5-6-21(16-22)30-38-12-15-39(30)3)41(37-2)32(28(26)34)46-24-17-20(29(35)36)8-9-23(24)42/h5-9,12,15-17,19,32,37,42H,4,10-11,13-14,18H2,1-3H3,(H3,35,36). The van der Waals surface area contributed by atoms with E-state index in [0.29, 0.717) is 37.3 Å². The summed E-state index contributed by atoms with van der Waals surface area (Å²) in [5.41, 5.74) is 9.13. The number of piperidine rings is 1. The van der Waals surface area contributed by atoms with Crippen LogP contribution in [0.3, 0.4) is 0 Å². The van der Waals surface area contributed by atoms with Crippen molar-refractivity contribution < 1.29 is 32.9 Å². The minimum Gasteiger partial charge on any atom is -0.504 e. The number of amidine groups is 1. The number of phenolic OH excluding ortho intramolecular Hbond substituents is 1. The third-order valence-corrected chi connectivity index (χ3v) is 7.88. The SMILES string of the molecule is CCOC(=O)CN1CCC(C2=C(F)C(Oc3cc(C(=N)N)ccc3O)N(NC)C(Oc3cccc(-c4nccn4C)c3)=C2F)CC1. The molecule has 0 bridgehead atoms. The number of nitrogens with zero attached hydrogens (tertiary/aromatic N) is 4. The van der Waals surface area contributed by atoms with E-state index >= 15 is 8.78 Å². The third-order valence-electron chi connectivity index (χ3n) is 7.88. The Kier molecular flexibility index (Phi) is 9.87. The fourth-order valence-corrected chi connectivity index (χ4v) is 5.59. The number of nitrogen functional groups attached to an aromatic ring is 1. The van der Waals surface area contributed by atoms with Gasteiger partial charge in [0.1, 0.15) is 17.4 Å². The van der Waals surface area contributed by atoms with E-state index in [1.165, 1.54) is 25.2 Å². The summed E-state index contributed by atoms with van der Waals surface area (Å²) in [7, 11) is 3.30. The fraction of sp³-hybridized carbons (Fsp3) is 0.344. The van der Waals surface area contributed by atoms with Crippen molar-refractivity contribution in [3.63, 3.8) is 0 Å². The van der Waals surface area contributed by atoms with Crippen LogP contribution in [0.5, 0.6) is 17.2 Å². The molecule has 12 nitrogen and oxygen atoms in total. The molecule has 3 aromatic rings. The number of imidazole rings is 1. The number of esters is 1. The molecular weight excluding hydrogens is 600 g/mol. The largest absolute Gasteiger partial charge is 0.504 e. The minimum absolute atomic E-state index is 0.0894. The van der Waals surface area contributed by atoms with Crippen molar-refractivity contribution in [2.24, 2.45) is 18.7 Å². The summed E-state index contributed by atoms with van der Waals surface area (Å²) in [6, 6.07) is 10.9. The van der Waals surface area contributed by atoms with Gasteiger partial charge in [-0.15, -0.1) is 0 Å². The van der Waals surface area contributed by atoms with E-state index in [-0.39, 0.29) is 59.2 Å². The van der Waals surface area contributed by atoms with E-state index in [1.807, 2.05) is 22.6 Å². The predicted molar refractivity (Wildman–Crippen MR) is 166 cm³/mol. The van der Waals surface area contributed by atoms with E-state index in [4.69, 9.17) is 25.4 Å². The molecule has 1 unspecified atom stereocenters. The van der Waals surface area contributed by atoms with Crippen LogP contribution in [-0.4, -0.2) is 75.9 Å². The molecular formula is C32H37F2N7O5. The summed E-state index contributed by atoms with van der Waals surface area (Å²) < 4.78 is 52.2. The topological polar surface area (TPSA) is 151 Å². The van der Waals surface area contributed by atoms with E-state index in [9.17, 15) is 9.90 Å². The van der Waals surface area contributed by atoms with Gasteiger partial charge in [-0.05, 0) is 69.1 Å². The maximum absolute atomic E-state index is 16.6. The zero-order valence-electron chi connectivity index (χ0n) is 25.8. The summed E-state index contributed by atoms with van der Waals surface area (Å²) in [5.74, 6) is -2.98. The summed E-state index contributed by atoms with van der Waals surface area (Å²) in [5, 5.41) is 19.4. The summed E-state index contributed by atoms with van der Waals surface area (Å²) in [4.78, 5) is 18.3.